The van der Waals surface area contributed by atoms with Crippen molar-refractivity contribution >= 4 is 17.6 Å². The lowest BCUT2D eigenvalue weighted by Crippen LogP contribution is -2.31. The summed E-state index contributed by atoms with van der Waals surface area (Å²) in [6.45, 7) is 1.97. The molecule has 0 saturated carbocycles. The summed E-state index contributed by atoms with van der Waals surface area (Å²) >= 11 is 0. The fourth-order valence-electron chi connectivity index (χ4n) is 2.59. The molecule has 9 nitrogen and oxygen atoms in total. The summed E-state index contributed by atoms with van der Waals surface area (Å²) in [6.07, 6.45) is -1.25. The van der Waals surface area contributed by atoms with E-state index >= 15 is 0 Å². The van der Waals surface area contributed by atoms with Gasteiger partial charge in [-0.05, 0) is 6.92 Å². The Morgan fingerprint density at radius 3 is 2.31 bits per heavy atom. The number of nitrogens with zero attached hydrogens (tertiary/aromatic N) is 2. The smallest absolute Gasteiger partial charge is 0.346 e. The van der Waals surface area contributed by atoms with Crippen molar-refractivity contribution in [2.75, 3.05) is 27.8 Å². The topological polar surface area (TPSA) is 108 Å². The average molecular weight is 402 g/mol. The first-order valence-electron chi connectivity index (χ1n) is 8.76. The second kappa shape index (κ2) is 9.54. The molecular formula is C20H22N2O7. The minimum atomic E-state index is -1.25. The third-order valence-electron chi connectivity index (χ3n) is 3.99. The van der Waals surface area contributed by atoms with Crippen molar-refractivity contribution in [3.8, 4) is 11.5 Å². The first kappa shape index (κ1) is 21.7. The number of carbonyl (C=O) groups is 2. The molecule has 0 aromatic heterocycles. The quantitative estimate of drug-likeness (QED) is 0.379. The van der Waals surface area contributed by atoms with Gasteiger partial charge in [0.1, 0.15) is 5.56 Å². The molecule has 0 saturated heterocycles. The Morgan fingerprint density at radius 1 is 1.14 bits per heavy atom. The average Bonchev–Trinajstić information content (AvgIpc) is 2.71. The van der Waals surface area contributed by atoms with Gasteiger partial charge < -0.3 is 19.1 Å². The van der Waals surface area contributed by atoms with E-state index in [1.54, 1.807) is 37.3 Å². The molecule has 0 aliphatic heterocycles. The van der Waals surface area contributed by atoms with Crippen molar-refractivity contribution in [1.29, 1.82) is 0 Å². The molecule has 1 amide bonds. The third kappa shape index (κ3) is 5.01. The number of esters is 1. The van der Waals surface area contributed by atoms with Gasteiger partial charge in [0.2, 0.25) is 6.10 Å². The van der Waals surface area contributed by atoms with Crippen LogP contribution < -0.4 is 9.47 Å². The molecule has 0 heterocycles. The van der Waals surface area contributed by atoms with Crippen molar-refractivity contribution in [2.45, 2.75) is 13.0 Å². The fraction of sp³-hybridized carbons (Fsp3) is 0.300. The zero-order valence-electron chi connectivity index (χ0n) is 16.6. The summed E-state index contributed by atoms with van der Waals surface area (Å²) in [6, 6.07) is 10.7. The van der Waals surface area contributed by atoms with Crippen LogP contribution in [-0.2, 0) is 9.53 Å². The Labute approximate surface area is 167 Å². The molecule has 0 bridgehead atoms. The molecule has 29 heavy (non-hydrogen) atoms. The van der Waals surface area contributed by atoms with Gasteiger partial charge in [0, 0.05) is 25.7 Å². The number of nitro groups is 1. The molecule has 0 N–H and O–H groups in total. The van der Waals surface area contributed by atoms with E-state index in [4.69, 9.17) is 14.2 Å². The summed E-state index contributed by atoms with van der Waals surface area (Å²) < 4.78 is 15.9. The van der Waals surface area contributed by atoms with E-state index in [9.17, 15) is 19.7 Å². The van der Waals surface area contributed by atoms with Crippen LogP contribution in [0.1, 0.15) is 28.9 Å². The molecule has 2 aromatic carbocycles. The van der Waals surface area contributed by atoms with Gasteiger partial charge in [0.05, 0.1) is 24.7 Å². The Kier molecular flexibility index (Phi) is 7.13. The van der Waals surface area contributed by atoms with Crippen LogP contribution >= 0.6 is 0 Å². The fourth-order valence-corrected chi connectivity index (χ4v) is 2.59. The van der Waals surface area contributed by atoms with E-state index in [0.717, 1.165) is 6.07 Å². The number of carbonyl (C=O) groups excluding carboxylic acids is 2. The van der Waals surface area contributed by atoms with E-state index < -0.39 is 28.6 Å². The monoisotopic (exact) mass is 402 g/mol. The molecule has 2 aromatic rings. The van der Waals surface area contributed by atoms with Crippen LogP contribution in [0.5, 0.6) is 11.5 Å². The van der Waals surface area contributed by atoms with Crippen LogP contribution in [0.15, 0.2) is 42.5 Å². The van der Waals surface area contributed by atoms with Crippen molar-refractivity contribution < 1.29 is 28.7 Å². The lowest BCUT2D eigenvalue weighted by atomic mass is 10.1. The molecule has 0 radical (unpaired) electrons. The summed E-state index contributed by atoms with van der Waals surface area (Å²) in [5.41, 5.74) is -0.411. The number of hydrogen-bond acceptors (Lipinski definition) is 7. The van der Waals surface area contributed by atoms with E-state index in [1.165, 1.54) is 32.2 Å². The predicted molar refractivity (Wildman–Crippen MR) is 104 cm³/mol. The Bertz CT molecular complexity index is 897. The number of rotatable bonds is 8. The lowest BCUT2D eigenvalue weighted by molar-refractivity contribution is -0.385. The predicted octanol–water partition coefficient (Wildman–Crippen LogP) is 2.99. The summed E-state index contributed by atoms with van der Waals surface area (Å²) in [4.78, 5) is 37.4. The highest BCUT2D eigenvalue weighted by atomic mass is 16.6. The molecular weight excluding hydrogens is 380 g/mol. The third-order valence-corrected chi connectivity index (χ3v) is 3.99. The number of hydrogen-bond donors (Lipinski definition) is 0. The second-order valence-electron chi connectivity index (χ2n) is 6.14. The van der Waals surface area contributed by atoms with Crippen LogP contribution in [0.2, 0.25) is 0 Å². The van der Waals surface area contributed by atoms with Crippen molar-refractivity contribution in [1.82, 2.24) is 4.90 Å². The minimum absolute atomic E-state index is 0.127. The summed E-state index contributed by atoms with van der Waals surface area (Å²) in [5.74, 6) is -1.24. The van der Waals surface area contributed by atoms with Crippen LogP contribution in [0, 0.1) is 10.1 Å². The number of nitro benzene ring substituents is 1. The van der Waals surface area contributed by atoms with Crippen LogP contribution in [0.3, 0.4) is 0 Å². The molecule has 0 fully saturated rings. The summed E-state index contributed by atoms with van der Waals surface area (Å²) in [7, 11) is 4.39. The zero-order chi connectivity index (χ0) is 21.6. The number of amides is 1. The maximum Gasteiger partial charge on any atom is 0.346 e. The van der Waals surface area contributed by atoms with Crippen LogP contribution in [0.4, 0.5) is 5.69 Å². The molecule has 1 atom stereocenters. The highest BCUT2D eigenvalue weighted by molar-refractivity contribution is 5.97. The zero-order valence-corrected chi connectivity index (χ0v) is 16.6. The molecule has 2 rings (SSSR count). The SMILES string of the molecule is CCOc1cc([N+](=O)[O-])c(C(=O)O[C@H](C(=O)N(C)C)c2ccccc2)cc1OC. The molecule has 0 spiro atoms. The van der Waals surface area contributed by atoms with Gasteiger partial charge in [-0.3, -0.25) is 14.9 Å². The first-order valence-corrected chi connectivity index (χ1v) is 8.76. The van der Waals surface area contributed by atoms with Gasteiger partial charge in [-0.25, -0.2) is 4.79 Å². The molecule has 0 aliphatic rings. The van der Waals surface area contributed by atoms with E-state index in [0.29, 0.717) is 5.56 Å². The maximum absolute atomic E-state index is 12.8. The number of methoxy groups -OCH3 is 1. The van der Waals surface area contributed by atoms with Gasteiger partial charge in [0.25, 0.3) is 11.6 Å². The van der Waals surface area contributed by atoms with Gasteiger partial charge >= 0.3 is 5.97 Å². The Hall–Kier alpha value is -3.62. The van der Waals surface area contributed by atoms with Gasteiger partial charge in [0.15, 0.2) is 11.5 Å². The summed E-state index contributed by atoms with van der Waals surface area (Å²) in [5, 5.41) is 11.5. The van der Waals surface area contributed by atoms with Crippen molar-refractivity contribution in [3.63, 3.8) is 0 Å². The highest BCUT2D eigenvalue weighted by Gasteiger charge is 2.31. The number of benzene rings is 2. The Morgan fingerprint density at radius 2 is 1.79 bits per heavy atom. The van der Waals surface area contributed by atoms with Gasteiger partial charge in [-0.15, -0.1) is 0 Å². The van der Waals surface area contributed by atoms with Gasteiger partial charge in [-0.2, -0.15) is 0 Å². The van der Waals surface area contributed by atoms with E-state index in [1.807, 2.05) is 0 Å². The number of ether oxygens (including phenoxy) is 3. The highest BCUT2D eigenvalue weighted by Crippen LogP contribution is 2.36. The van der Waals surface area contributed by atoms with E-state index in [2.05, 4.69) is 0 Å². The normalized spacial score (nSPS) is 11.3. The largest absolute Gasteiger partial charge is 0.493 e. The minimum Gasteiger partial charge on any atom is -0.493 e. The molecule has 154 valence electrons. The van der Waals surface area contributed by atoms with Crippen LogP contribution in [0.25, 0.3) is 0 Å². The second-order valence-corrected chi connectivity index (χ2v) is 6.14. The number of likely N-dealkylation sites (N-methyl/N-ethyl adjacent to an activating group) is 1. The van der Waals surface area contributed by atoms with Gasteiger partial charge in [-0.1, -0.05) is 30.3 Å². The first-order chi connectivity index (χ1) is 13.8. The lowest BCUT2D eigenvalue weighted by Gasteiger charge is -2.21. The molecule has 9 heteroatoms. The van der Waals surface area contributed by atoms with Crippen molar-refractivity contribution in [3.05, 3.63) is 63.7 Å². The molecule has 0 aliphatic carbocycles. The standard InChI is InChI=1S/C20H22N2O7/c1-5-28-17-12-15(22(25)26)14(11-16(17)27-4)20(24)29-18(19(23)21(2)3)13-9-7-6-8-10-13/h6-12,18H,5H2,1-4H3/t18-/m0/s1. The molecule has 0 unspecified atom stereocenters. The maximum atomic E-state index is 12.8. The Balaban J connectivity index is 2.48. The van der Waals surface area contributed by atoms with Crippen LogP contribution in [-0.4, -0.2) is 49.5 Å². The van der Waals surface area contributed by atoms with Crippen molar-refractivity contribution in [2.24, 2.45) is 0 Å². The van der Waals surface area contributed by atoms with E-state index in [-0.39, 0.29) is 23.7 Å².